The number of nitrogens with zero attached hydrogens (tertiary/aromatic N) is 4. The van der Waals surface area contributed by atoms with E-state index in [9.17, 15) is 4.79 Å². The molecule has 0 atom stereocenters. The number of anilines is 1. The quantitative estimate of drug-likeness (QED) is 0.226. The molecule has 3 N–H and O–H groups in total. The molecule has 32 heavy (non-hydrogen) atoms. The van der Waals surface area contributed by atoms with E-state index in [-0.39, 0.29) is 36.3 Å². The first kappa shape index (κ1) is 25.3. The summed E-state index contributed by atoms with van der Waals surface area (Å²) in [6, 6.07) is 13.8. The lowest BCUT2D eigenvalue weighted by Gasteiger charge is -2.21. The molecule has 0 bridgehead atoms. The maximum absolute atomic E-state index is 12.2. The molecule has 0 spiro atoms. The summed E-state index contributed by atoms with van der Waals surface area (Å²) in [7, 11) is 1.95. The van der Waals surface area contributed by atoms with Crippen LogP contribution in [0.25, 0.3) is 11.3 Å². The number of benzene rings is 1. The fraction of sp³-hybridized carbons (Fsp3) is 0.304. The number of aromatic amines is 1. The van der Waals surface area contributed by atoms with Gasteiger partial charge in [-0.2, -0.15) is 0 Å². The SMILES string of the molecule is CCNC(=NCCC(=O)Nc1ccc(C)cn1)N(C)Cc1ncc(-c2ccccc2)[nH]1.I. The molecule has 0 unspecified atom stereocenters. The fourth-order valence-electron chi connectivity index (χ4n) is 2.99. The standard InChI is InChI=1S/C23H29N7O.HI/c1-4-24-23(25-13-12-22(31)29-20-11-10-17(2)14-26-20)30(3)16-21-27-15-19(28-21)18-8-6-5-7-9-18;/h5-11,14-15H,4,12-13,16H2,1-3H3,(H,24,25)(H,27,28)(H,26,29,31);1H. The molecule has 0 fully saturated rings. The molecule has 1 aromatic carbocycles. The Balaban J connectivity index is 0.00000363. The van der Waals surface area contributed by atoms with Gasteiger partial charge in [-0.3, -0.25) is 9.79 Å². The molecule has 0 aliphatic rings. The summed E-state index contributed by atoms with van der Waals surface area (Å²) in [6.07, 6.45) is 3.84. The summed E-state index contributed by atoms with van der Waals surface area (Å²) in [5, 5.41) is 6.05. The van der Waals surface area contributed by atoms with Gasteiger partial charge in [-0.25, -0.2) is 9.97 Å². The first-order valence-electron chi connectivity index (χ1n) is 10.4. The van der Waals surface area contributed by atoms with Gasteiger partial charge in [0, 0.05) is 26.2 Å². The zero-order valence-electron chi connectivity index (χ0n) is 18.6. The summed E-state index contributed by atoms with van der Waals surface area (Å²) in [4.78, 5) is 30.8. The molecule has 2 aromatic heterocycles. The molecule has 9 heteroatoms. The lowest BCUT2D eigenvalue weighted by atomic mass is 10.2. The largest absolute Gasteiger partial charge is 0.357 e. The third kappa shape index (κ3) is 7.63. The predicted molar refractivity (Wildman–Crippen MR) is 139 cm³/mol. The summed E-state index contributed by atoms with van der Waals surface area (Å²) in [5.41, 5.74) is 3.12. The second-order valence-electron chi connectivity index (χ2n) is 7.22. The highest BCUT2D eigenvalue weighted by Gasteiger charge is 2.10. The van der Waals surface area contributed by atoms with E-state index in [0.29, 0.717) is 18.9 Å². The number of halogens is 1. The van der Waals surface area contributed by atoms with E-state index in [1.54, 1.807) is 12.3 Å². The Hall–Kier alpha value is -2.95. The lowest BCUT2D eigenvalue weighted by Crippen LogP contribution is -2.39. The van der Waals surface area contributed by atoms with Crippen LogP contribution in [0.15, 0.2) is 59.9 Å². The Bertz CT molecular complexity index is 1000. The van der Waals surface area contributed by atoms with E-state index in [2.05, 4.69) is 30.6 Å². The topological polar surface area (TPSA) is 98.3 Å². The van der Waals surface area contributed by atoms with E-state index in [0.717, 1.165) is 35.1 Å². The van der Waals surface area contributed by atoms with Crippen LogP contribution in [-0.4, -0.2) is 51.9 Å². The molecule has 0 radical (unpaired) electrons. The Labute approximate surface area is 206 Å². The van der Waals surface area contributed by atoms with Crippen LogP contribution in [-0.2, 0) is 11.3 Å². The average Bonchev–Trinajstić information content (AvgIpc) is 3.24. The van der Waals surface area contributed by atoms with Gasteiger partial charge in [0.25, 0.3) is 0 Å². The summed E-state index contributed by atoms with van der Waals surface area (Å²) < 4.78 is 0. The van der Waals surface area contributed by atoms with Crippen molar-refractivity contribution in [1.82, 2.24) is 25.2 Å². The number of imidazole rings is 1. The summed E-state index contributed by atoms with van der Waals surface area (Å²) >= 11 is 0. The van der Waals surface area contributed by atoms with Crippen molar-refractivity contribution in [1.29, 1.82) is 0 Å². The predicted octanol–water partition coefficient (Wildman–Crippen LogP) is 3.82. The van der Waals surface area contributed by atoms with Gasteiger partial charge in [-0.05, 0) is 31.0 Å². The van der Waals surface area contributed by atoms with Crippen molar-refractivity contribution in [3.8, 4) is 11.3 Å². The molecule has 8 nitrogen and oxygen atoms in total. The van der Waals surface area contributed by atoms with E-state index in [1.165, 1.54) is 0 Å². The second kappa shape index (κ2) is 12.8. The van der Waals surface area contributed by atoms with E-state index < -0.39 is 0 Å². The lowest BCUT2D eigenvalue weighted by molar-refractivity contribution is -0.116. The van der Waals surface area contributed by atoms with Gasteiger partial charge in [0.2, 0.25) is 5.91 Å². The number of aromatic nitrogens is 3. The highest BCUT2D eigenvalue weighted by Crippen LogP contribution is 2.16. The van der Waals surface area contributed by atoms with Crippen molar-refractivity contribution in [2.24, 2.45) is 4.99 Å². The van der Waals surface area contributed by atoms with Gasteiger partial charge in [0.1, 0.15) is 11.6 Å². The zero-order chi connectivity index (χ0) is 22.1. The molecule has 0 aliphatic heterocycles. The normalized spacial score (nSPS) is 10.9. The van der Waals surface area contributed by atoms with Crippen molar-refractivity contribution in [3.63, 3.8) is 0 Å². The number of pyridine rings is 1. The molecule has 2 heterocycles. The van der Waals surface area contributed by atoms with Crippen LogP contribution in [0, 0.1) is 6.92 Å². The van der Waals surface area contributed by atoms with Gasteiger partial charge in [-0.15, -0.1) is 24.0 Å². The van der Waals surface area contributed by atoms with Crippen LogP contribution in [0.3, 0.4) is 0 Å². The number of aliphatic imine (C=N–C) groups is 1. The monoisotopic (exact) mass is 547 g/mol. The van der Waals surface area contributed by atoms with E-state index in [4.69, 9.17) is 0 Å². The number of carbonyl (C=O) groups excluding carboxylic acids is 1. The van der Waals surface area contributed by atoms with Gasteiger partial charge >= 0.3 is 0 Å². The number of amides is 1. The molecule has 0 saturated heterocycles. The first-order valence-corrected chi connectivity index (χ1v) is 10.4. The Morgan fingerprint density at radius 1 is 1.12 bits per heavy atom. The van der Waals surface area contributed by atoms with E-state index >= 15 is 0 Å². The molecular formula is C23H30IN7O. The minimum absolute atomic E-state index is 0. The number of aryl methyl sites for hydroxylation is 1. The maximum Gasteiger partial charge on any atom is 0.227 e. The number of hydrogen-bond donors (Lipinski definition) is 3. The first-order chi connectivity index (χ1) is 15.0. The summed E-state index contributed by atoms with van der Waals surface area (Å²) in [6.45, 7) is 5.64. The molecular weight excluding hydrogens is 517 g/mol. The highest BCUT2D eigenvalue weighted by molar-refractivity contribution is 14.0. The van der Waals surface area contributed by atoms with Crippen molar-refractivity contribution in [2.45, 2.75) is 26.8 Å². The average molecular weight is 547 g/mol. The van der Waals surface area contributed by atoms with Crippen molar-refractivity contribution < 1.29 is 4.79 Å². The van der Waals surface area contributed by atoms with Gasteiger partial charge in [-0.1, -0.05) is 36.4 Å². The van der Waals surface area contributed by atoms with Crippen molar-refractivity contribution >= 4 is 41.7 Å². The molecule has 170 valence electrons. The van der Waals surface area contributed by atoms with Crippen LogP contribution in [0.2, 0.25) is 0 Å². The van der Waals surface area contributed by atoms with Gasteiger partial charge in [0.15, 0.2) is 5.96 Å². The number of hydrogen-bond acceptors (Lipinski definition) is 4. The molecule has 3 aromatic rings. The number of guanidine groups is 1. The van der Waals surface area contributed by atoms with Crippen LogP contribution >= 0.6 is 24.0 Å². The molecule has 3 rings (SSSR count). The van der Waals surface area contributed by atoms with Crippen LogP contribution in [0.1, 0.15) is 24.7 Å². The fourth-order valence-corrected chi connectivity index (χ4v) is 2.99. The Kier molecular flexibility index (Phi) is 10.1. The molecule has 1 amide bonds. The van der Waals surface area contributed by atoms with E-state index in [1.807, 2.05) is 68.4 Å². The number of nitrogens with one attached hydrogen (secondary N) is 3. The molecule has 0 aliphatic carbocycles. The maximum atomic E-state index is 12.2. The summed E-state index contributed by atoms with van der Waals surface area (Å²) in [5.74, 6) is 2.00. The third-order valence-electron chi connectivity index (χ3n) is 4.58. The van der Waals surface area contributed by atoms with Crippen LogP contribution < -0.4 is 10.6 Å². The number of carbonyl (C=O) groups is 1. The minimum Gasteiger partial charge on any atom is -0.357 e. The zero-order valence-corrected chi connectivity index (χ0v) is 21.0. The second-order valence-corrected chi connectivity index (χ2v) is 7.22. The number of H-pyrrole nitrogens is 1. The third-order valence-corrected chi connectivity index (χ3v) is 4.58. The van der Waals surface area contributed by atoms with Gasteiger partial charge in [0.05, 0.1) is 25.0 Å². The van der Waals surface area contributed by atoms with Gasteiger partial charge < -0.3 is 20.5 Å². The van der Waals surface area contributed by atoms with Crippen molar-refractivity contribution in [3.05, 3.63) is 66.2 Å². The Morgan fingerprint density at radius 2 is 1.91 bits per heavy atom. The minimum atomic E-state index is -0.114. The van der Waals surface area contributed by atoms with Crippen molar-refractivity contribution in [2.75, 3.05) is 25.5 Å². The molecule has 0 saturated carbocycles. The number of rotatable bonds is 8. The highest BCUT2D eigenvalue weighted by atomic mass is 127. The van der Waals surface area contributed by atoms with Crippen LogP contribution in [0.4, 0.5) is 5.82 Å². The Morgan fingerprint density at radius 3 is 2.59 bits per heavy atom. The smallest absolute Gasteiger partial charge is 0.227 e. The van der Waals surface area contributed by atoms with Crippen LogP contribution in [0.5, 0.6) is 0 Å².